The number of aromatic amines is 1. The van der Waals surface area contributed by atoms with E-state index in [9.17, 15) is 14.7 Å². The predicted octanol–water partition coefficient (Wildman–Crippen LogP) is 5.48. The lowest BCUT2D eigenvalue weighted by Gasteiger charge is -2.23. The van der Waals surface area contributed by atoms with Crippen LogP contribution in [0, 0.1) is 0 Å². The van der Waals surface area contributed by atoms with Crippen LogP contribution in [0.2, 0.25) is 5.02 Å². The number of aliphatic hydroxyl groups excluding tert-OH is 1. The third-order valence-electron chi connectivity index (χ3n) is 6.15. The third-order valence-corrected chi connectivity index (χ3v) is 6.47. The van der Waals surface area contributed by atoms with Crippen LogP contribution in [0.25, 0.3) is 16.7 Å². The number of carbonyl (C=O) groups excluding carboxylic acids is 2. The minimum absolute atomic E-state index is 0.0337. The number of halogens is 1. The first kappa shape index (κ1) is 22.8. The molecule has 2 N–H and O–H groups in total. The van der Waals surface area contributed by atoms with Crippen LogP contribution >= 0.6 is 11.6 Å². The van der Waals surface area contributed by atoms with Crippen molar-refractivity contribution in [3.8, 4) is 5.75 Å². The lowest BCUT2D eigenvalue weighted by Crippen LogP contribution is -2.31. The zero-order valence-electron chi connectivity index (χ0n) is 19.0. The first-order valence-electron chi connectivity index (χ1n) is 11.3. The van der Waals surface area contributed by atoms with E-state index in [-0.39, 0.29) is 17.9 Å². The Morgan fingerprint density at radius 1 is 1.17 bits per heavy atom. The minimum Gasteiger partial charge on any atom is -0.507 e. The minimum atomic E-state index is -0.860. The number of likely N-dealkylation sites (tertiary alicyclic amines) is 1. The number of rotatable bonds is 7. The van der Waals surface area contributed by atoms with Gasteiger partial charge in [0.05, 0.1) is 23.5 Å². The Balaban J connectivity index is 1.54. The number of nitrogens with zero attached hydrogens (tertiary/aromatic N) is 1. The molecule has 0 saturated carbocycles. The fourth-order valence-electron chi connectivity index (χ4n) is 4.50. The summed E-state index contributed by atoms with van der Waals surface area (Å²) in [4.78, 5) is 31.0. The zero-order chi connectivity index (χ0) is 24.5. The summed E-state index contributed by atoms with van der Waals surface area (Å²) in [5.41, 5.74) is 2.32. The second-order valence-corrected chi connectivity index (χ2v) is 8.60. The molecule has 1 unspecified atom stereocenters. The number of para-hydroxylation sites is 1. The number of hydrogen-bond donors (Lipinski definition) is 2. The van der Waals surface area contributed by atoms with Gasteiger partial charge in [0.2, 0.25) is 0 Å². The number of amides is 1. The Morgan fingerprint density at radius 2 is 2.00 bits per heavy atom. The van der Waals surface area contributed by atoms with Gasteiger partial charge < -0.3 is 24.1 Å². The maximum atomic E-state index is 13.2. The largest absolute Gasteiger partial charge is 0.507 e. The van der Waals surface area contributed by atoms with E-state index in [0.717, 1.165) is 16.5 Å². The molecule has 7 nitrogen and oxygen atoms in total. The van der Waals surface area contributed by atoms with E-state index < -0.39 is 17.7 Å². The molecule has 1 atom stereocenters. The number of nitrogens with one attached hydrogen (secondary N) is 1. The number of Topliss-reactive ketones (excluding diaryl/α,β-unsaturated/α-hetero) is 1. The van der Waals surface area contributed by atoms with E-state index in [1.165, 1.54) is 11.2 Å². The monoisotopic (exact) mass is 490 g/mol. The van der Waals surface area contributed by atoms with Gasteiger partial charge in [0.1, 0.15) is 23.3 Å². The molecule has 8 heteroatoms. The van der Waals surface area contributed by atoms with Crippen molar-refractivity contribution in [2.45, 2.75) is 19.4 Å². The Labute approximate surface area is 206 Å². The van der Waals surface area contributed by atoms with Crippen molar-refractivity contribution >= 4 is 40.0 Å². The number of benzene rings is 2. The predicted molar refractivity (Wildman–Crippen MR) is 132 cm³/mol. The van der Waals surface area contributed by atoms with Gasteiger partial charge in [0.25, 0.3) is 11.7 Å². The molecule has 3 heterocycles. The summed E-state index contributed by atoms with van der Waals surface area (Å²) in [5.74, 6) is -0.996. The highest BCUT2D eigenvalue weighted by molar-refractivity contribution is 6.46. The summed E-state index contributed by atoms with van der Waals surface area (Å²) in [6.07, 6.45) is 3.90. The molecule has 0 spiro atoms. The quantitative estimate of drug-likeness (QED) is 0.203. The van der Waals surface area contributed by atoms with Gasteiger partial charge >= 0.3 is 0 Å². The van der Waals surface area contributed by atoms with Crippen LogP contribution in [0.1, 0.15) is 29.9 Å². The van der Waals surface area contributed by atoms with E-state index in [0.29, 0.717) is 35.1 Å². The van der Waals surface area contributed by atoms with Gasteiger partial charge in [-0.05, 0) is 55.3 Å². The van der Waals surface area contributed by atoms with Crippen LogP contribution in [0.15, 0.2) is 77.0 Å². The van der Waals surface area contributed by atoms with Crippen molar-refractivity contribution in [3.05, 3.63) is 94.5 Å². The van der Waals surface area contributed by atoms with Gasteiger partial charge in [-0.15, -0.1) is 0 Å². The molecule has 1 amide bonds. The van der Waals surface area contributed by atoms with Crippen molar-refractivity contribution in [1.29, 1.82) is 0 Å². The lowest BCUT2D eigenvalue weighted by atomic mass is 9.99. The van der Waals surface area contributed by atoms with Crippen LogP contribution in [-0.4, -0.2) is 39.8 Å². The molecule has 178 valence electrons. The van der Waals surface area contributed by atoms with Gasteiger partial charge in [0.15, 0.2) is 0 Å². The smallest absolute Gasteiger partial charge is 0.295 e. The Hall–Kier alpha value is -3.97. The van der Waals surface area contributed by atoms with E-state index >= 15 is 0 Å². The highest BCUT2D eigenvalue weighted by Gasteiger charge is 2.47. The van der Waals surface area contributed by atoms with Crippen molar-refractivity contribution in [3.63, 3.8) is 0 Å². The maximum absolute atomic E-state index is 13.2. The van der Waals surface area contributed by atoms with Crippen LogP contribution in [-0.2, 0) is 16.0 Å². The fourth-order valence-corrected chi connectivity index (χ4v) is 4.68. The average molecular weight is 491 g/mol. The summed E-state index contributed by atoms with van der Waals surface area (Å²) < 4.78 is 11.1. The number of H-pyrrole nitrogens is 1. The molecule has 0 aliphatic carbocycles. The molecule has 2 aromatic heterocycles. The number of furan rings is 1. The number of hydrogen-bond acceptors (Lipinski definition) is 5. The highest BCUT2D eigenvalue weighted by atomic mass is 35.5. The molecule has 35 heavy (non-hydrogen) atoms. The molecule has 1 aliphatic rings. The second kappa shape index (κ2) is 9.35. The van der Waals surface area contributed by atoms with Crippen molar-refractivity contribution in [1.82, 2.24) is 9.88 Å². The van der Waals surface area contributed by atoms with E-state index in [1.54, 1.807) is 30.3 Å². The molecule has 2 aromatic carbocycles. The number of ether oxygens (including phenoxy) is 1. The van der Waals surface area contributed by atoms with E-state index in [1.807, 2.05) is 37.4 Å². The standard InChI is InChI=1S/C27H23ClN2O5/c1-2-34-22-14-16(9-10-19(22)28)25(31)23-24(21-8-5-13-35-21)30(27(33)26(23)32)12-11-17-15-29-20-7-4-3-6-18(17)20/h3-10,13-15,24,29,31H,2,11-12H2,1H3/b25-23-. The fraction of sp³-hybridized carbons (Fsp3) is 0.185. The zero-order valence-corrected chi connectivity index (χ0v) is 19.7. The Kier molecular flexibility index (Phi) is 6.09. The van der Waals surface area contributed by atoms with Crippen LogP contribution in [0.4, 0.5) is 0 Å². The molecule has 1 aliphatic heterocycles. The first-order valence-corrected chi connectivity index (χ1v) is 11.7. The number of aliphatic hydroxyl groups is 1. The summed E-state index contributed by atoms with van der Waals surface area (Å²) in [5, 5.41) is 12.6. The summed E-state index contributed by atoms with van der Waals surface area (Å²) in [6.45, 7) is 2.47. The maximum Gasteiger partial charge on any atom is 0.295 e. The van der Waals surface area contributed by atoms with Crippen LogP contribution in [0.5, 0.6) is 5.75 Å². The molecule has 4 aromatic rings. The molecule has 0 radical (unpaired) electrons. The van der Waals surface area contributed by atoms with Gasteiger partial charge in [0, 0.05) is 29.2 Å². The molecular weight excluding hydrogens is 468 g/mol. The highest BCUT2D eigenvalue weighted by Crippen LogP contribution is 2.40. The Bertz CT molecular complexity index is 1440. The summed E-state index contributed by atoms with van der Waals surface area (Å²) in [7, 11) is 0. The molecule has 5 rings (SSSR count). The number of aromatic nitrogens is 1. The van der Waals surface area contributed by atoms with Crippen LogP contribution in [0.3, 0.4) is 0 Å². The molecule has 0 bridgehead atoms. The van der Waals surface area contributed by atoms with Crippen molar-refractivity contribution < 1.29 is 23.8 Å². The normalized spacial score (nSPS) is 17.4. The summed E-state index contributed by atoms with van der Waals surface area (Å²) in [6, 6.07) is 15.1. The van der Waals surface area contributed by atoms with Crippen molar-refractivity contribution in [2.24, 2.45) is 0 Å². The first-order chi connectivity index (χ1) is 17.0. The SMILES string of the molecule is CCOc1cc(/C(O)=C2/C(=O)C(=O)N(CCc3c[nH]c4ccccc34)C2c2ccco2)ccc1Cl. The van der Waals surface area contributed by atoms with E-state index in [4.69, 9.17) is 20.8 Å². The second-order valence-electron chi connectivity index (χ2n) is 8.20. The molecular formula is C27H23ClN2O5. The van der Waals surface area contributed by atoms with Crippen molar-refractivity contribution in [2.75, 3.05) is 13.2 Å². The third kappa shape index (κ3) is 4.08. The van der Waals surface area contributed by atoms with Gasteiger partial charge in [-0.25, -0.2) is 0 Å². The Morgan fingerprint density at radius 3 is 2.77 bits per heavy atom. The number of ketones is 1. The van der Waals surface area contributed by atoms with Gasteiger partial charge in [-0.3, -0.25) is 9.59 Å². The molecule has 1 fully saturated rings. The van der Waals surface area contributed by atoms with Crippen LogP contribution < -0.4 is 4.74 Å². The number of fused-ring (bicyclic) bond motifs is 1. The average Bonchev–Trinajstić information content (AvgIpc) is 3.59. The lowest BCUT2D eigenvalue weighted by molar-refractivity contribution is -0.140. The topological polar surface area (TPSA) is 95.8 Å². The summed E-state index contributed by atoms with van der Waals surface area (Å²) >= 11 is 6.19. The van der Waals surface area contributed by atoms with Gasteiger partial charge in [-0.1, -0.05) is 29.8 Å². The number of carbonyl (C=O) groups is 2. The van der Waals surface area contributed by atoms with Gasteiger partial charge in [-0.2, -0.15) is 0 Å². The van der Waals surface area contributed by atoms with E-state index in [2.05, 4.69) is 4.98 Å². The molecule has 1 saturated heterocycles.